The number of aliphatic carboxylic acids is 1. The predicted molar refractivity (Wildman–Crippen MR) is 60.8 cm³/mol. The predicted octanol–water partition coefficient (Wildman–Crippen LogP) is -0.502. The van der Waals surface area contributed by atoms with Gasteiger partial charge in [-0.25, -0.2) is 9.59 Å². The lowest BCUT2D eigenvalue weighted by Gasteiger charge is -2.22. The number of aliphatic hydroxyl groups excluding tert-OH is 1. The van der Waals surface area contributed by atoms with Gasteiger partial charge in [-0.05, 0) is 13.3 Å². The molecule has 2 atom stereocenters. The summed E-state index contributed by atoms with van der Waals surface area (Å²) >= 11 is 0. The number of aliphatic hydroxyl groups is 1. The van der Waals surface area contributed by atoms with E-state index in [1.165, 1.54) is 11.8 Å². The smallest absolute Gasteiger partial charge is 0.328 e. The monoisotopic (exact) mass is 248 g/mol. The van der Waals surface area contributed by atoms with E-state index in [9.17, 15) is 14.7 Å². The summed E-state index contributed by atoms with van der Waals surface area (Å²) in [6, 6.07) is -1.83. The molecule has 0 saturated heterocycles. The summed E-state index contributed by atoms with van der Waals surface area (Å²) in [6.45, 7) is 2.28. The van der Waals surface area contributed by atoms with E-state index in [1.807, 2.05) is 0 Å². The van der Waals surface area contributed by atoms with Gasteiger partial charge in [0.25, 0.3) is 0 Å². The van der Waals surface area contributed by atoms with Crippen molar-refractivity contribution in [1.29, 1.82) is 0 Å². The molecule has 0 aliphatic rings. The van der Waals surface area contributed by atoms with Crippen molar-refractivity contribution >= 4 is 12.0 Å². The highest BCUT2D eigenvalue weighted by Crippen LogP contribution is 1.96. The van der Waals surface area contributed by atoms with Crippen LogP contribution < -0.4 is 5.32 Å². The molecule has 0 spiro atoms. The average Bonchev–Trinajstić information content (AvgIpc) is 2.24. The van der Waals surface area contributed by atoms with Crippen LogP contribution in [0.15, 0.2) is 0 Å². The average molecular weight is 248 g/mol. The van der Waals surface area contributed by atoms with E-state index in [0.29, 0.717) is 19.6 Å². The first-order chi connectivity index (χ1) is 7.90. The molecule has 0 bridgehead atoms. The van der Waals surface area contributed by atoms with Crippen molar-refractivity contribution in [2.75, 3.05) is 27.3 Å². The van der Waals surface area contributed by atoms with E-state index in [0.717, 1.165) is 0 Å². The molecular weight excluding hydrogens is 228 g/mol. The van der Waals surface area contributed by atoms with Crippen LogP contribution in [0.3, 0.4) is 0 Å². The van der Waals surface area contributed by atoms with Gasteiger partial charge in [-0.3, -0.25) is 0 Å². The first-order valence-electron chi connectivity index (χ1n) is 5.31. The second kappa shape index (κ2) is 7.86. The van der Waals surface area contributed by atoms with E-state index in [2.05, 4.69) is 5.32 Å². The van der Waals surface area contributed by atoms with Crippen molar-refractivity contribution in [3.05, 3.63) is 0 Å². The maximum absolute atomic E-state index is 11.6. The quantitative estimate of drug-likeness (QED) is 0.527. The van der Waals surface area contributed by atoms with Gasteiger partial charge in [-0.1, -0.05) is 0 Å². The zero-order valence-corrected chi connectivity index (χ0v) is 10.3. The molecule has 0 fully saturated rings. The zero-order chi connectivity index (χ0) is 13.4. The number of carboxylic acid groups (broad SMARTS) is 1. The van der Waals surface area contributed by atoms with Crippen LogP contribution in [0.5, 0.6) is 0 Å². The number of carboxylic acids is 1. The van der Waals surface area contributed by atoms with Crippen LogP contribution in [0.2, 0.25) is 0 Å². The number of hydrogen-bond acceptors (Lipinski definition) is 4. The van der Waals surface area contributed by atoms with Crippen molar-refractivity contribution in [2.45, 2.75) is 25.5 Å². The fraction of sp³-hybridized carbons (Fsp3) is 0.800. The van der Waals surface area contributed by atoms with E-state index in [4.69, 9.17) is 9.84 Å². The Morgan fingerprint density at radius 3 is 2.47 bits per heavy atom. The Labute approximate surface area is 100 Å². The molecule has 0 aromatic heterocycles. The zero-order valence-electron chi connectivity index (χ0n) is 10.3. The number of amides is 2. The Morgan fingerprint density at radius 2 is 2.06 bits per heavy atom. The van der Waals surface area contributed by atoms with Crippen LogP contribution >= 0.6 is 0 Å². The number of carbonyl (C=O) groups is 2. The molecule has 100 valence electrons. The topological polar surface area (TPSA) is 99.1 Å². The van der Waals surface area contributed by atoms with E-state index in [-0.39, 0.29) is 0 Å². The maximum Gasteiger partial charge on any atom is 0.328 e. The van der Waals surface area contributed by atoms with Crippen LogP contribution in [0, 0.1) is 0 Å². The number of ether oxygens (including phenoxy) is 1. The summed E-state index contributed by atoms with van der Waals surface area (Å²) in [5, 5.41) is 20.2. The van der Waals surface area contributed by atoms with Gasteiger partial charge in [0.1, 0.15) is 0 Å². The van der Waals surface area contributed by atoms with Gasteiger partial charge in [0.2, 0.25) is 0 Å². The van der Waals surface area contributed by atoms with Crippen molar-refractivity contribution in [3.63, 3.8) is 0 Å². The Morgan fingerprint density at radius 1 is 1.47 bits per heavy atom. The highest BCUT2D eigenvalue weighted by atomic mass is 16.5. The number of urea groups is 1. The summed E-state index contributed by atoms with van der Waals surface area (Å²) in [5.74, 6) is -1.27. The second-order valence-electron chi connectivity index (χ2n) is 3.77. The van der Waals surface area contributed by atoms with Crippen molar-refractivity contribution in [1.82, 2.24) is 10.2 Å². The minimum absolute atomic E-state index is 0.450. The van der Waals surface area contributed by atoms with E-state index < -0.39 is 24.1 Å². The van der Waals surface area contributed by atoms with Crippen molar-refractivity contribution in [3.8, 4) is 0 Å². The normalized spacial score (nSPS) is 13.9. The molecule has 7 nitrogen and oxygen atoms in total. The van der Waals surface area contributed by atoms with Gasteiger partial charge in [0, 0.05) is 27.3 Å². The SMILES string of the molecule is COCCCN(C)C(=O)N[C@H](C(=O)O)[C@@H](C)O. The van der Waals surface area contributed by atoms with Gasteiger partial charge in [0.05, 0.1) is 6.10 Å². The lowest BCUT2D eigenvalue weighted by Crippen LogP contribution is -2.51. The molecule has 0 aromatic rings. The Balaban J connectivity index is 4.16. The molecule has 0 aromatic carbocycles. The highest BCUT2D eigenvalue weighted by Gasteiger charge is 2.25. The Bertz CT molecular complexity index is 257. The molecule has 17 heavy (non-hydrogen) atoms. The molecule has 0 heterocycles. The lowest BCUT2D eigenvalue weighted by atomic mass is 10.2. The minimum atomic E-state index is -1.30. The molecule has 0 saturated carbocycles. The van der Waals surface area contributed by atoms with Gasteiger partial charge < -0.3 is 25.2 Å². The fourth-order valence-electron chi connectivity index (χ4n) is 1.18. The van der Waals surface area contributed by atoms with Gasteiger partial charge in [-0.15, -0.1) is 0 Å². The molecule has 0 rings (SSSR count). The summed E-state index contributed by atoms with van der Waals surface area (Å²) < 4.78 is 4.84. The first-order valence-corrected chi connectivity index (χ1v) is 5.31. The number of carbonyl (C=O) groups excluding carboxylic acids is 1. The number of nitrogens with zero attached hydrogens (tertiary/aromatic N) is 1. The van der Waals surface area contributed by atoms with Gasteiger partial charge in [-0.2, -0.15) is 0 Å². The standard InChI is InChI=1S/C10H20N2O5/c1-7(13)8(9(14)15)11-10(16)12(2)5-4-6-17-3/h7-8,13H,4-6H2,1-3H3,(H,11,16)(H,14,15)/t7-,8+/m1/s1. The molecule has 0 radical (unpaired) electrons. The number of hydrogen-bond donors (Lipinski definition) is 3. The molecule has 0 unspecified atom stereocenters. The van der Waals surface area contributed by atoms with Crippen LogP contribution in [0.25, 0.3) is 0 Å². The summed E-state index contributed by atoms with van der Waals surface area (Å²) in [6.07, 6.45) is -0.490. The summed E-state index contributed by atoms with van der Waals surface area (Å²) in [4.78, 5) is 23.6. The number of methoxy groups -OCH3 is 1. The molecular formula is C10H20N2O5. The highest BCUT2D eigenvalue weighted by molar-refractivity contribution is 5.82. The largest absolute Gasteiger partial charge is 0.480 e. The van der Waals surface area contributed by atoms with Gasteiger partial charge in [0.15, 0.2) is 6.04 Å². The third kappa shape index (κ3) is 6.08. The third-order valence-corrected chi connectivity index (χ3v) is 2.22. The second-order valence-corrected chi connectivity index (χ2v) is 3.77. The van der Waals surface area contributed by atoms with Crippen molar-refractivity contribution in [2.24, 2.45) is 0 Å². The van der Waals surface area contributed by atoms with Crippen molar-refractivity contribution < 1.29 is 24.5 Å². The van der Waals surface area contributed by atoms with E-state index >= 15 is 0 Å². The van der Waals surface area contributed by atoms with Crippen LogP contribution in [-0.4, -0.2) is 66.6 Å². The van der Waals surface area contributed by atoms with Gasteiger partial charge >= 0.3 is 12.0 Å². The molecule has 7 heteroatoms. The molecule has 0 aliphatic carbocycles. The van der Waals surface area contributed by atoms with Crippen LogP contribution in [0.4, 0.5) is 4.79 Å². The molecule has 0 aliphatic heterocycles. The first kappa shape index (κ1) is 15.7. The summed E-state index contributed by atoms with van der Waals surface area (Å²) in [7, 11) is 3.11. The number of nitrogens with one attached hydrogen (secondary N) is 1. The fourth-order valence-corrected chi connectivity index (χ4v) is 1.18. The minimum Gasteiger partial charge on any atom is -0.480 e. The lowest BCUT2D eigenvalue weighted by molar-refractivity contribution is -0.141. The molecule has 2 amide bonds. The maximum atomic E-state index is 11.6. The molecule has 3 N–H and O–H groups in total. The third-order valence-electron chi connectivity index (χ3n) is 2.22. The van der Waals surface area contributed by atoms with Crippen LogP contribution in [0.1, 0.15) is 13.3 Å². The number of rotatable bonds is 7. The Kier molecular flexibility index (Phi) is 7.24. The van der Waals surface area contributed by atoms with E-state index in [1.54, 1.807) is 14.2 Å². The Hall–Kier alpha value is -1.34. The van der Waals surface area contributed by atoms with Crippen LogP contribution in [-0.2, 0) is 9.53 Å². The summed E-state index contributed by atoms with van der Waals surface area (Å²) in [5.41, 5.74) is 0.